The second-order valence-electron chi connectivity index (χ2n) is 3.28. The smallest absolute Gasteiger partial charge is 0.234 e. The van der Waals surface area contributed by atoms with Gasteiger partial charge in [-0.25, -0.2) is 0 Å². The van der Waals surface area contributed by atoms with Crippen molar-refractivity contribution in [1.82, 2.24) is 9.88 Å². The van der Waals surface area contributed by atoms with Crippen molar-refractivity contribution in [3.8, 4) is 0 Å². The van der Waals surface area contributed by atoms with Crippen LogP contribution in [0.2, 0.25) is 0 Å². The van der Waals surface area contributed by atoms with E-state index in [1.807, 2.05) is 37.0 Å². The van der Waals surface area contributed by atoms with E-state index >= 15 is 0 Å². The summed E-state index contributed by atoms with van der Waals surface area (Å²) in [6.45, 7) is 2.57. The van der Waals surface area contributed by atoms with Crippen LogP contribution in [0.25, 0.3) is 0 Å². The number of carbonyl (C=O) groups is 1. The van der Waals surface area contributed by atoms with Crippen LogP contribution < -0.4 is 5.32 Å². The van der Waals surface area contributed by atoms with Crippen LogP contribution in [0.4, 0.5) is 0 Å². The lowest BCUT2D eigenvalue weighted by Gasteiger charge is -2.07. The van der Waals surface area contributed by atoms with E-state index < -0.39 is 0 Å². The largest absolute Gasteiger partial charge is 0.357 e. The topological polar surface area (TPSA) is 34.0 Å². The van der Waals surface area contributed by atoms with Crippen LogP contribution in [0, 0.1) is 0 Å². The third-order valence-corrected chi connectivity index (χ3v) is 3.07. The Balaban J connectivity index is 2.37. The molecule has 0 bridgehead atoms. The molecule has 0 spiro atoms. The summed E-state index contributed by atoms with van der Waals surface area (Å²) in [6.07, 6.45) is 4.77. The van der Waals surface area contributed by atoms with Crippen LogP contribution in [0.5, 0.6) is 0 Å². The van der Waals surface area contributed by atoms with E-state index in [0.29, 0.717) is 6.54 Å². The van der Waals surface area contributed by atoms with Gasteiger partial charge in [-0.3, -0.25) is 4.79 Å². The van der Waals surface area contributed by atoms with Crippen LogP contribution >= 0.6 is 15.9 Å². The summed E-state index contributed by atoms with van der Waals surface area (Å²) in [5.41, 5.74) is 1.12. The van der Waals surface area contributed by atoms with Crippen molar-refractivity contribution in [2.75, 3.05) is 0 Å². The minimum Gasteiger partial charge on any atom is -0.357 e. The van der Waals surface area contributed by atoms with E-state index in [0.717, 1.165) is 12.0 Å². The fraction of sp³-hybridized carbons (Fsp3) is 0.500. The Hall–Kier alpha value is -0.770. The molecule has 0 aliphatic heterocycles. The number of aryl methyl sites for hydroxylation is 1. The molecule has 0 saturated heterocycles. The molecule has 0 aromatic carbocycles. The summed E-state index contributed by atoms with van der Waals surface area (Å²) < 4.78 is 1.97. The molecule has 1 unspecified atom stereocenters. The van der Waals surface area contributed by atoms with Crippen LogP contribution in [-0.2, 0) is 18.4 Å². The lowest BCUT2D eigenvalue weighted by atomic mass is 10.3. The maximum absolute atomic E-state index is 11.4. The van der Waals surface area contributed by atoms with Crippen LogP contribution in [0.15, 0.2) is 18.5 Å². The van der Waals surface area contributed by atoms with Gasteiger partial charge in [0, 0.05) is 26.0 Å². The Bertz CT molecular complexity index is 309. The highest BCUT2D eigenvalue weighted by Gasteiger charge is 2.11. The highest BCUT2D eigenvalue weighted by Crippen LogP contribution is 2.05. The molecule has 1 atom stereocenters. The number of hydrogen-bond acceptors (Lipinski definition) is 1. The number of halogens is 1. The molecule has 78 valence electrons. The molecule has 3 nitrogen and oxygen atoms in total. The van der Waals surface area contributed by atoms with Gasteiger partial charge in [0.1, 0.15) is 0 Å². The van der Waals surface area contributed by atoms with E-state index in [-0.39, 0.29) is 10.7 Å². The molecule has 1 aromatic rings. The number of nitrogens with zero attached hydrogens (tertiary/aromatic N) is 1. The lowest BCUT2D eigenvalue weighted by molar-refractivity contribution is -0.120. The first kappa shape index (κ1) is 11.3. The molecule has 4 heteroatoms. The number of alkyl halides is 1. The highest BCUT2D eigenvalue weighted by atomic mass is 79.9. The molecule has 0 aliphatic carbocycles. The minimum absolute atomic E-state index is 0.0522. The first-order valence-electron chi connectivity index (χ1n) is 4.66. The number of hydrogen-bond donors (Lipinski definition) is 1. The average Bonchev–Trinajstić information content (AvgIpc) is 2.59. The molecule has 1 aromatic heterocycles. The molecule has 1 rings (SSSR count). The summed E-state index contributed by atoms with van der Waals surface area (Å²) in [6, 6.07) is 2.00. The maximum atomic E-state index is 11.4. The SMILES string of the molecule is CCC(Br)C(=O)NCc1ccn(C)c1. The first-order chi connectivity index (χ1) is 6.63. The summed E-state index contributed by atoms with van der Waals surface area (Å²) in [4.78, 5) is 11.3. The van der Waals surface area contributed by atoms with Gasteiger partial charge in [0.25, 0.3) is 0 Å². The number of amides is 1. The second-order valence-corrected chi connectivity index (χ2v) is 4.38. The van der Waals surface area contributed by atoms with E-state index in [4.69, 9.17) is 0 Å². The van der Waals surface area contributed by atoms with E-state index in [2.05, 4.69) is 21.2 Å². The molecule has 1 amide bonds. The van der Waals surface area contributed by atoms with Crippen LogP contribution in [-0.4, -0.2) is 15.3 Å². The van der Waals surface area contributed by atoms with Crippen molar-refractivity contribution in [2.45, 2.75) is 24.7 Å². The summed E-state index contributed by atoms with van der Waals surface area (Å²) >= 11 is 3.30. The zero-order valence-corrected chi connectivity index (χ0v) is 10.0. The Morgan fingerprint density at radius 1 is 1.71 bits per heavy atom. The van der Waals surface area contributed by atoms with Gasteiger partial charge >= 0.3 is 0 Å². The van der Waals surface area contributed by atoms with Gasteiger partial charge in [-0.2, -0.15) is 0 Å². The molecule has 1 heterocycles. The fourth-order valence-electron chi connectivity index (χ4n) is 1.15. The molecular weight excluding hydrogens is 244 g/mol. The predicted octanol–water partition coefficient (Wildman–Crippen LogP) is 1.81. The van der Waals surface area contributed by atoms with E-state index in [1.165, 1.54) is 0 Å². The van der Waals surface area contributed by atoms with Gasteiger partial charge in [-0.05, 0) is 18.1 Å². The Morgan fingerprint density at radius 3 is 2.93 bits per heavy atom. The molecular formula is C10H15BrN2O. The molecule has 0 fully saturated rings. The standard InChI is InChI=1S/C10H15BrN2O/c1-3-9(11)10(14)12-6-8-4-5-13(2)7-8/h4-5,7,9H,3,6H2,1-2H3,(H,12,14). The van der Waals surface area contributed by atoms with Crippen molar-refractivity contribution in [3.63, 3.8) is 0 Å². The van der Waals surface area contributed by atoms with Gasteiger partial charge in [0.2, 0.25) is 5.91 Å². The molecule has 0 radical (unpaired) electrons. The van der Waals surface area contributed by atoms with Gasteiger partial charge in [-0.15, -0.1) is 0 Å². The summed E-state index contributed by atoms with van der Waals surface area (Å²) in [5.74, 6) is 0.0522. The number of rotatable bonds is 4. The zero-order chi connectivity index (χ0) is 10.6. The fourth-order valence-corrected chi connectivity index (χ4v) is 1.31. The molecule has 1 N–H and O–H groups in total. The van der Waals surface area contributed by atoms with Crippen LogP contribution in [0.1, 0.15) is 18.9 Å². The normalized spacial score (nSPS) is 12.5. The zero-order valence-electron chi connectivity index (χ0n) is 8.46. The first-order valence-corrected chi connectivity index (χ1v) is 5.57. The van der Waals surface area contributed by atoms with Crippen molar-refractivity contribution in [2.24, 2.45) is 7.05 Å². The Kier molecular flexibility index (Phi) is 4.20. The predicted molar refractivity (Wildman–Crippen MR) is 60.3 cm³/mol. The monoisotopic (exact) mass is 258 g/mol. The van der Waals surface area contributed by atoms with Crippen molar-refractivity contribution in [3.05, 3.63) is 24.0 Å². The number of carbonyl (C=O) groups excluding carboxylic acids is 1. The van der Waals surface area contributed by atoms with Gasteiger partial charge < -0.3 is 9.88 Å². The molecule has 0 saturated carbocycles. The minimum atomic E-state index is -0.0776. The van der Waals surface area contributed by atoms with Gasteiger partial charge in [0.05, 0.1) is 4.83 Å². The highest BCUT2D eigenvalue weighted by molar-refractivity contribution is 9.10. The molecule has 14 heavy (non-hydrogen) atoms. The number of nitrogens with one attached hydrogen (secondary N) is 1. The third-order valence-electron chi connectivity index (χ3n) is 2.00. The van der Waals surface area contributed by atoms with Gasteiger partial charge in [0.15, 0.2) is 0 Å². The molecule has 0 aliphatic rings. The van der Waals surface area contributed by atoms with E-state index in [9.17, 15) is 4.79 Å². The third kappa shape index (κ3) is 3.18. The summed E-state index contributed by atoms with van der Waals surface area (Å²) in [7, 11) is 1.96. The maximum Gasteiger partial charge on any atom is 0.234 e. The van der Waals surface area contributed by atoms with Gasteiger partial charge in [-0.1, -0.05) is 22.9 Å². The average molecular weight is 259 g/mol. The van der Waals surface area contributed by atoms with Crippen molar-refractivity contribution >= 4 is 21.8 Å². The second kappa shape index (κ2) is 5.20. The lowest BCUT2D eigenvalue weighted by Crippen LogP contribution is -2.29. The Labute approximate surface area is 92.6 Å². The van der Waals surface area contributed by atoms with E-state index in [1.54, 1.807) is 0 Å². The summed E-state index contributed by atoms with van der Waals surface area (Å²) in [5, 5.41) is 2.86. The number of aromatic nitrogens is 1. The van der Waals surface area contributed by atoms with Crippen LogP contribution in [0.3, 0.4) is 0 Å². The van der Waals surface area contributed by atoms with Crippen molar-refractivity contribution < 1.29 is 4.79 Å². The van der Waals surface area contributed by atoms with Crippen molar-refractivity contribution in [1.29, 1.82) is 0 Å². The quantitative estimate of drug-likeness (QED) is 0.822. The Morgan fingerprint density at radius 2 is 2.43 bits per heavy atom.